The molecule has 0 saturated heterocycles. The number of aromatic nitrogens is 2. The minimum absolute atomic E-state index is 0.0388. The normalized spacial score (nSPS) is 11.0. The first-order valence-corrected chi connectivity index (χ1v) is 10.8. The molecule has 3 aromatic carbocycles. The highest BCUT2D eigenvalue weighted by molar-refractivity contribution is 9.10. The Bertz CT molecular complexity index is 1190. The molecule has 1 heterocycles. The lowest BCUT2D eigenvalue weighted by Crippen LogP contribution is -2.27. The van der Waals surface area contributed by atoms with Gasteiger partial charge >= 0.3 is 0 Å². The third-order valence-corrected chi connectivity index (χ3v) is 5.78. The standard InChI is InChI=1S/C25H24BrN3O/c1-17-7-12-21(18(2)15-17)25(30)27-14-13-24-28-22-5-3-4-6-23(22)29(24)16-19-8-10-20(26)11-9-19/h3-12,15H,13-14,16H2,1-2H3,(H,27,30). The van der Waals surface area contributed by atoms with E-state index in [1.165, 1.54) is 5.56 Å². The van der Waals surface area contributed by atoms with Gasteiger partial charge in [0.05, 0.1) is 11.0 Å². The van der Waals surface area contributed by atoms with Crippen LogP contribution in [0.15, 0.2) is 71.2 Å². The summed E-state index contributed by atoms with van der Waals surface area (Å²) in [5.41, 5.74) is 6.17. The van der Waals surface area contributed by atoms with Crippen molar-refractivity contribution in [2.45, 2.75) is 26.8 Å². The van der Waals surface area contributed by atoms with E-state index in [4.69, 9.17) is 4.98 Å². The maximum absolute atomic E-state index is 12.6. The molecule has 30 heavy (non-hydrogen) atoms. The second-order valence-corrected chi connectivity index (χ2v) is 8.47. The molecular formula is C25H24BrN3O. The molecule has 0 unspecified atom stereocenters. The summed E-state index contributed by atoms with van der Waals surface area (Å²) in [5, 5.41) is 3.05. The van der Waals surface area contributed by atoms with Gasteiger partial charge in [-0.05, 0) is 55.3 Å². The number of carbonyl (C=O) groups excluding carboxylic acids is 1. The summed E-state index contributed by atoms with van der Waals surface area (Å²) in [4.78, 5) is 17.4. The van der Waals surface area contributed by atoms with Crippen LogP contribution in [-0.4, -0.2) is 22.0 Å². The Labute approximate surface area is 185 Å². The molecule has 1 aromatic heterocycles. The van der Waals surface area contributed by atoms with Crippen LogP contribution >= 0.6 is 15.9 Å². The fourth-order valence-electron chi connectivity index (χ4n) is 3.72. The van der Waals surface area contributed by atoms with E-state index in [9.17, 15) is 4.79 Å². The number of hydrogen-bond donors (Lipinski definition) is 1. The fourth-order valence-corrected chi connectivity index (χ4v) is 3.98. The average molecular weight is 462 g/mol. The first-order chi connectivity index (χ1) is 14.5. The number of imidazole rings is 1. The summed E-state index contributed by atoms with van der Waals surface area (Å²) in [6.07, 6.45) is 0.669. The quantitative estimate of drug-likeness (QED) is 0.415. The zero-order chi connectivity index (χ0) is 21.1. The van der Waals surface area contributed by atoms with E-state index >= 15 is 0 Å². The largest absolute Gasteiger partial charge is 0.352 e. The summed E-state index contributed by atoms with van der Waals surface area (Å²) >= 11 is 3.49. The van der Waals surface area contributed by atoms with Crippen LogP contribution in [-0.2, 0) is 13.0 Å². The van der Waals surface area contributed by atoms with Gasteiger partial charge in [0.15, 0.2) is 0 Å². The van der Waals surface area contributed by atoms with Crippen molar-refractivity contribution in [1.82, 2.24) is 14.9 Å². The number of fused-ring (bicyclic) bond motifs is 1. The smallest absolute Gasteiger partial charge is 0.251 e. The number of carbonyl (C=O) groups is 1. The highest BCUT2D eigenvalue weighted by Crippen LogP contribution is 2.19. The average Bonchev–Trinajstić information content (AvgIpc) is 3.07. The van der Waals surface area contributed by atoms with Crippen molar-refractivity contribution in [2.75, 3.05) is 6.54 Å². The monoisotopic (exact) mass is 461 g/mol. The predicted molar refractivity (Wildman–Crippen MR) is 125 cm³/mol. The van der Waals surface area contributed by atoms with Crippen LogP contribution in [0.3, 0.4) is 0 Å². The van der Waals surface area contributed by atoms with Crippen molar-refractivity contribution in [3.8, 4) is 0 Å². The van der Waals surface area contributed by atoms with Crippen LogP contribution in [0.4, 0.5) is 0 Å². The van der Waals surface area contributed by atoms with Gasteiger partial charge in [0.2, 0.25) is 0 Å². The molecule has 0 radical (unpaired) electrons. The predicted octanol–water partition coefficient (Wildman–Crippen LogP) is 5.44. The molecule has 0 aliphatic carbocycles. The summed E-state index contributed by atoms with van der Waals surface area (Å²) in [6.45, 7) is 5.29. The molecular weight excluding hydrogens is 438 g/mol. The summed E-state index contributed by atoms with van der Waals surface area (Å²) in [7, 11) is 0. The minimum atomic E-state index is -0.0388. The SMILES string of the molecule is Cc1ccc(C(=O)NCCc2nc3ccccc3n2Cc2ccc(Br)cc2)c(C)c1. The Balaban J connectivity index is 1.52. The summed E-state index contributed by atoms with van der Waals surface area (Å²) in [5.74, 6) is 0.933. The maximum Gasteiger partial charge on any atom is 0.251 e. The molecule has 4 aromatic rings. The van der Waals surface area contributed by atoms with Gasteiger partial charge in [0.1, 0.15) is 5.82 Å². The Morgan fingerprint density at radius 2 is 1.80 bits per heavy atom. The molecule has 0 bridgehead atoms. The highest BCUT2D eigenvalue weighted by Gasteiger charge is 2.13. The number of aryl methyl sites for hydroxylation is 2. The first-order valence-electron chi connectivity index (χ1n) is 10.1. The van der Waals surface area contributed by atoms with Crippen molar-refractivity contribution in [3.05, 3.63) is 99.3 Å². The van der Waals surface area contributed by atoms with Crippen LogP contribution in [0, 0.1) is 13.8 Å². The number of nitrogens with zero attached hydrogens (tertiary/aromatic N) is 2. The van der Waals surface area contributed by atoms with Crippen LogP contribution in [0.25, 0.3) is 11.0 Å². The molecule has 0 aliphatic rings. The van der Waals surface area contributed by atoms with E-state index in [0.29, 0.717) is 13.0 Å². The van der Waals surface area contributed by atoms with Crippen molar-refractivity contribution < 1.29 is 4.79 Å². The van der Waals surface area contributed by atoms with Crippen LogP contribution in [0.2, 0.25) is 0 Å². The Kier molecular flexibility index (Phi) is 6.00. The second kappa shape index (κ2) is 8.84. The molecule has 4 nitrogen and oxygen atoms in total. The van der Waals surface area contributed by atoms with Gasteiger partial charge in [0, 0.05) is 29.5 Å². The van der Waals surface area contributed by atoms with Crippen molar-refractivity contribution >= 4 is 32.9 Å². The number of hydrogen-bond acceptors (Lipinski definition) is 2. The summed E-state index contributed by atoms with van der Waals surface area (Å²) < 4.78 is 3.30. The number of rotatable bonds is 6. The molecule has 0 saturated carbocycles. The van der Waals surface area contributed by atoms with Crippen molar-refractivity contribution in [1.29, 1.82) is 0 Å². The molecule has 0 atom stereocenters. The minimum Gasteiger partial charge on any atom is -0.352 e. The number of amides is 1. The van der Waals surface area contributed by atoms with Gasteiger partial charge in [0.25, 0.3) is 5.91 Å². The molecule has 4 rings (SSSR count). The number of para-hydroxylation sites is 2. The molecule has 152 valence electrons. The molecule has 0 fully saturated rings. The van der Waals surface area contributed by atoms with Crippen LogP contribution in [0.5, 0.6) is 0 Å². The van der Waals surface area contributed by atoms with Crippen molar-refractivity contribution in [2.24, 2.45) is 0 Å². The third kappa shape index (κ3) is 4.46. The van der Waals surface area contributed by atoms with E-state index in [1.807, 2.05) is 50.2 Å². The fraction of sp³-hybridized carbons (Fsp3) is 0.200. The molecule has 0 aliphatic heterocycles. The van der Waals surface area contributed by atoms with Gasteiger partial charge < -0.3 is 9.88 Å². The Morgan fingerprint density at radius 1 is 1.03 bits per heavy atom. The second-order valence-electron chi connectivity index (χ2n) is 7.55. The molecule has 1 N–H and O–H groups in total. The van der Waals surface area contributed by atoms with Crippen molar-refractivity contribution in [3.63, 3.8) is 0 Å². The van der Waals surface area contributed by atoms with E-state index in [-0.39, 0.29) is 5.91 Å². The first kappa shape index (κ1) is 20.4. The van der Waals surface area contributed by atoms with Crippen LogP contribution < -0.4 is 5.32 Å². The Hall–Kier alpha value is -2.92. The Morgan fingerprint density at radius 3 is 2.57 bits per heavy atom. The maximum atomic E-state index is 12.6. The number of benzene rings is 3. The molecule has 0 spiro atoms. The van der Waals surface area contributed by atoms with E-state index in [1.54, 1.807) is 0 Å². The van der Waals surface area contributed by atoms with Gasteiger partial charge in [-0.25, -0.2) is 4.98 Å². The van der Waals surface area contributed by atoms with E-state index in [0.717, 1.165) is 44.6 Å². The van der Waals surface area contributed by atoms with Gasteiger partial charge in [-0.3, -0.25) is 4.79 Å². The lowest BCUT2D eigenvalue weighted by atomic mass is 10.1. The molecule has 5 heteroatoms. The lowest BCUT2D eigenvalue weighted by molar-refractivity contribution is 0.0953. The zero-order valence-corrected chi connectivity index (χ0v) is 18.7. The molecule has 1 amide bonds. The lowest BCUT2D eigenvalue weighted by Gasteiger charge is -2.11. The topological polar surface area (TPSA) is 46.9 Å². The highest BCUT2D eigenvalue weighted by atomic mass is 79.9. The third-order valence-electron chi connectivity index (χ3n) is 5.25. The number of nitrogens with one attached hydrogen (secondary N) is 1. The van der Waals surface area contributed by atoms with Gasteiger partial charge in [-0.15, -0.1) is 0 Å². The van der Waals surface area contributed by atoms with E-state index < -0.39 is 0 Å². The van der Waals surface area contributed by atoms with Gasteiger partial charge in [-0.1, -0.05) is 57.9 Å². The zero-order valence-electron chi connectivity index (χ0n) is 17.2. The van der Waals surface area contributed by atoms with E-state index in [2.05, 4.69) is 56.1 Å². The summed E-state index contributed by atoms with van der Waals surface area (Å²) in [6, 6.07) is 22.4. The van der Waals surface area contributed by atoms with Gasteiger partial charge in [-0.2, -0.15) is 0 Å². The number of halogens is 1. The van der Waals surface area contributed by atoms with Crippen LogP contribution in [0.1, 0.15) is 32.9 Å².